The van der Waals surface area contributed by atoms with Crippen molar-refractivity contribution in [3.05, 3.63) is 35.7 Å². The maximum Gasteiger partial charge on any atom is 0.154 e. The SMILES string of the molecule is Cc1cnc2cc(O)c(-c3cc4c(nn3)N([C@H]3CC(C)(C)NC(C)(C)[C@H]3F)CC4)cc2n1. The number of aromatic nitrogens is 4. The molecule has 2 aromatic heterocycles. The van der Waals surface area contributed by atoms with E-state index in [2.05, 4.69) is 44.2 Å². The molecule has 2 atom stereocenters. The number of phenols is 1. The van der Waals surface area contributed by atoms with E-state index in [0.717, 1.165) is 23.5 Å². The molecule has 1 fully saturated rings. The van der Waals surface area contributed by atoms with Crippen molar-refractivity contribution in [3.8, 4) is 17.0 Å². The average Bonchev–Trinajstić information content (AvgIpc) is 3.13. The lowest BCUT2D eigenvalue weighted by Crippen LogP contribution is -2.69. The third kappa shape index (κ3) is 3.46. The summed E-state index contributed by atoms with van der Waals surface area (Å²) in [6.07, 6.45) is 2.09. The van der Waals surface area contributed by atoms with Crippen LogP contribution in [-0.2, 0) is 6.42 Å². The number of phenolic OH excluding ortho intramolecular Hbond substituents is 1. The van der Waals surface area contributed by atoms with E-state index in [1.54, 1.807) is 18.3 Å². The Balaban J connectivity index is 1.51. The van der Waals surface area contributed by atoms with Gasteiger partial charge < -0.3 is 15.3 Å². The van der Waals surface area contributed by atoms with Crippen LogP contribution in [0.3, 0.4) is 0 Å². The number of nitrogens with one attached hydrogen (secondary N) is 1. The van der Waals surface area contributed by atoms with Gasteiger partial charge in [-0.25, -0.2) is 9.37 Å². The second kappa shape index (κ2) is 7.07. The molecule has 8 heteroatoms. The first kappa shape index (κ1) is 21.0. The van der Waals surface area contributed by atoms with Crippen molar-refractivity contribution in [3.63, 3.8) is 0 Å². The van der Waals surface area contributed by atoms with Gasteiger partial charge in [0, 0.05) is 41.0 Å². The van der Waals surface area contributed by atoms with Crippen molar-refractivity contribution >= 4 is 16.9 Å². The van der Waals surface area contributed by atoms with Gasteiger partial charge in [0.25, 0.3) is 0 Å². The van der Waals surface area contributed by atoms with Gasteiger partial charge in [0.15, 0.2) is 5.82 Å². The Bertz CT molecular complexity index is 1210. The average molecular weight is 437 g/mol. The normalized spacial score (nSPS) is 24.0. The van der Waals surface area contributed by atoms with Crippen molar-refractivity contribution in [2.45, 2.75) is 70.8 Å². The molecular formula is C24H29FN6O. The molecule has 32 heavy (non-hydrogen) atoms. The molecule has 0 saturated carbocycles. The number of benzene rings is 1. The second-order valence-electron chi connectivity index (χ2n) is 10.3. The summed E-state index contributed by atoms with van der Waals surface area (Å²) in [5.41, 5.74) is 3.49. The number of hydrogen-bond acceptors (Lipinski definition) is 7. The molecule has 168 valence electrons. The van der Waals surface area contributed by atoms with E-state index in [1.807, 2.05) is 26.8 Å². The molecule has 0 unspecified atom stereocenters. The summed E-state index contributed by atoms with van der Waals surface area (Å²) in [6.45, 7) is 10.7. The number of nitrogens with zero attached hydrogens (tertiary/aromatic N) is 5. The number of piperidine rings is 1. The van der Waals surface area contributed by atoms with E-state index in [9.17, 15) is 5.11 Å². The second-order valence-corrected chi connectivity index (χ2v) is 10.3. The summed E-state index contributed by atoms with van der Waals surface area (Å²) in [5, 5.41) is 22.9. The number of fused-ring (bicyclic) bond motifs is 2. The number of alkyl halides is 1. The van der Waals surface area contributed by atoms with Gasteiger partial charge in [-0.15, -0.1) is 10.2 Å². The van der Waals surface area contributed by atoms with Gasteiger partial charge in [-0.2, -0.15) is 0 Å². The molecule has 7 nitrogen and oxygen atoms in total. The maximum absolute atomic E-state index is 15.5. The molecule has 5 rings (SSSR count). The van der Waals surface area contributed by atoms with Crippen LogP contribution in [0.2, 0.25) is 0 Å². The van der Waals surface area contributed by atoms with Crippen LogP contribution in [-0.4, -0.2) is 55.1 Å². The Hall–Kier alpha value is -2.87. The highest BCUT2D eigenvalue weighted by atomic mass is 19.1. The molecule has 0 spiro atoms. The number of rotatable bonds is 2. The third-order valence-corrected chi connectivity index (χ3v) is 6.61. The molecule has 2 aliphatic rings. The number of aromatic hydroxyl groups is 1. The summed E-state index contributed by atoms with van der Waals surface area (Å²) >= 11 is 0. The lowest BCUT2D eigenvalue weighted by atomic mass is 9.77. The molecule has 1 aromatic carbocycles. The van der Waals surface area contributed by atoms with Crippen LogP contribution in [0.5, 0.6) is 5.75 Å². The lowest BCUT2D eigenvalue weighted by Gasteiger charge is -2.51. The monoisotopic (exact) mass is 436 g/mol. The smallest absolute Gasteiger partial charge is 0.154 e. The molecule has 4 heterocycles. The van der Waals surface area contributed by atoms with Crippen LogP contribution in [0.25, 0.3) is 22.3 Å². The molecule has 0 aliphatic carbocycles. The Labute approximate surface area is 187 Å². The van der Waals surface area contributed by atoms with E-state index in [-0.39, 0.29) is 17.3 Å². The van der Waals surface area contributed by atoms with Gasteiger partial charge in [0.2, 0.25) is 0 Å². The van der Waals surface area contributed by atoms with Gasteiger partial charge in [0.1, 0.15) is 11.9 Å². The third-order valence-electron chi connectivity index (χ3n) is 6.61. The summed E-state index contributed by atoms with van der Waals surface area (Å²) in [5.74, 6) is 0.830. The molecule has 2 aliphatic heterocycles. The van der Waals surface area contributed by atoms with Gasteiger partial charge >= 0.3 is 0 Å². The predicted molar refractivity (Wildman–Crippen MR) is 123 cm³/mol. The quantitative estimate of drug-likeness (QED) is 0.633. The fraction of sp³-hybridized carbons (Fsp3) is 0.500. The summed E-state index contributed by atoms with van der Waals surface area (Å²) in [4.78, 5) is 10.9. The highest BCUT2D eigenvalue weighted by molar-refractivity contribution is 5.84. The van der Waals surface area contributed by atoms with Gasteiger partial charge in [0.05, 0.1) is 28.5 Å². The molecule has 1 saturated heterocycles. The zero-order chi connectivity index (χ0) is 22.8. The number of hydrogen-bond donors (Lipinski definition) is 2. The van der Waals surface area contributed by atoms with Crippen LogP contribution in [0.4, 0.5) is 10.2 Å². The van der Waals surface area contributed by atoms with Gasteiger partial charge in [-0.3, -0.25) is 4.98 Å². The minimum atomic E-state index is -1.03. The van der Waals surface area contributed by atoms with Crippen LogP contribution in [0.15, 0.2) is 24.4 Å². The minimum absolute atomic E-state index is 0.0884. The first-order chi connectivity index (χ1) is 15.0. The van der Waals surface area contributed by atoms with Crippen LogP contribution in [0, 0.1) is 6.92 Å². The highest BCUT2D eigenvalue weighted by Crippen LogP contribution is 2.40. The summed E-state index contributed by atoms with van der Waals surface area (Å²) in [7, 11) is 0. The molecule has 3 aromatic rings. The Kier molecular flexibility index (Phi) is 4.64. The molecular weight excluding hydrogens is 407 g/mol. The van der Waals surface area contributed by atoms with E-state index >= 15 is 4.39 Å². The zero-order valence-corrected chi connectivity index (χ0v) is 19.1. The molecule has 0 bridgehead atoms. The Morgan fingerprint density at radius 3 is 2.69 bits per heavy atom. The first-order valence-electron chi connectivity index (χ1n) is 11.1. The van der Waals surface area contributed by atoms with Crippen molar-refractivity contribution in [2.75, 3.05) is 11.4 Å². The highest BCUT2D eigenvalue weighted by Gasteiger charge is 2.49. The van der Waals surface area contributed by atoms with Crippen molar-refractivity contribution in [1.29, 1.82) is 0 Å². The summed E-state index contributed by atoms with van der Waals surface area (Å²) in [6, 6.07) is 5.08. The van der Waals surface area contributed by atoms with Crippen molar-refractivity contribution in [2.24, 2.45) is 0 Å². The van der Waals surface area contributed by atoms with Gasteiger partial charge in [-0.05, 0) is 59.6 Å². The molecule has 0 radical (unpaired) electrons. The van der Waals surface area contributed by atoms with Crippen LogP contribution < -0.4 is 10.2 Å². The molecule has 0 amide bonds. The predicted octanol–water partition coefficient (Wildman–Crippen LogP) is 3.72. The van der Waals surface area contributed by atoms with Crippen LogP contribution >= 0.6 is 0 Å². The lowest BCUT2D eigenvalue weighted by molar-refractivity contribution is 0.0555. The summed E-state index contributed by atoms with van der Waals surface area (Å²) < 4.78 is 15.5. The largest absolute Gasteiger partial charge is 0.507 e. The zero-order valence-electron chi connectivity index (χ0n) is 19.1. The van der Waals surface area contributed by atoms with E-state index in [4.69, 9.17) is 0 Å². The van der Waals surface area contributed by atoms with Gasteiger partial charge in [-0.1, -0.05) is 0 Å². The fourth-order valence-electron chi connectivity index (χ4n) is 5.36. The van der Waals surface area contributed by atoms with E-state index in [1.165, 1.54) is 0 Å². The number of aryl methyl sites for hydroxylation is 1. The minimum Gasteiger partial charge on any atom is -0.507 e. The van der Waals surface area contributed by atoms with E-state index in [0.29, 0.717) is 35.3 Å². The molecule has 2 N–H and O–H groups in total. The number of anilines is 1. The Morgan fingerprint density at radius 1 is 1.12 bits per heavy atom. The first-order valence-corrected chi connectivity index (χ1v) is 11.1. The maximum atomic E-state index is 15.5. The standard InChI is InChI=1S/C24H29FN6O/c1-13-12-26-17-10-20(32)15(9-18(17)27-13)16-8-14-6-7-31(22(14)29-28-16)19-11-23(2,3)30-24(4,5)21(19)25/h8-10,12,19,21,30,32H,6-7,11H2,1-5H3/t19-,21-/m0/s1. The number of halogens is 1. The van der Waals surface area contributed by atoms with E-state index < -0.39 is 11.7 Å². The fourth-order valence-corrected chi connectivity index (χ4v) is 5.36. The topological polar surface area (TPSA) is 87.1 Å². The van der Waals surface area contributed by atoms with Crippen LogP contribution in [0.1, 0.15) is 45.4 Å². The van der Waals surface area contributed by atoms with Crippen molar-refractivity contribution < 1.29 is 9.50 Å². The van der Waals surface area contributed by atoms with Crippen molar-refractivity contribution in [1.82, 2.24) is 25.5 Å². The Morgan fingerprint density at radius 2 is 1.91 bits per heavy atom.